The van der Waals surface area contributed by atoms with Crippen LogP contribution in [-0.4, -0.2) is 24.8 Å². The van der Waals surface area contributed by atoms with Crippen LogP contribution in [0.15, 0.2) is 0 Å². The first kappa shape index (κ1) is 17.4. The van der Waals surface area contributed by atoms with E-state index in [9.17, 15) is 9.59 Å². The molecule has 0 saturated heterocycles. The van der Waals surface area contributed by atoms with Gasteiger partial charge in [0.2, 0.25) is 0 Å². The van der Waals surface area contributed by atoms with Gasteiger partial charge >= 0.3 is 40.6 Å². The molecule has 0 aliphatic heterocycles. The Morgan fingerprint density at radius 2 is 1.80 bits per heavy atom. The van der Waals surface area contributed by atoms with Gasteiger partial charge < -0.3 is 14.8 Å². The molecule has 0 saturated carbocycles. The van der Waals surface area contributed by atoms with E-state index < -0.39 is 17.7 Å². The van der Waals surface area contributed by atoms with Crippen molar-refractivity contribution in [2.45, 2.75) is 26.4 Å². The number of hydrogen-bond donors (Lipinski definition) is 1. The van der Waals surface area contributed by atoms with Gasteiger partial charge in [-0.2, -0.15) is 6.54 Å². The van der Waals surface area contributed by atoms with Gasteiger partial charge in [0.1, 0.15) is 5.60 Å². The minimum absolute atomic E-state index is 0.575. The molecular weight excluding hydrogens is 366 g/mol. The minimum atomic E-state index is -0.683. The number of carbonyl (C=O) groups is 2. The van der Waals surface area contributed by atoms with Crippen LogP contribution in [0, 0.1) is 6.54 Å². The van der Waals surface area contributed by atoms with Crippen molar-refractivity contribution in [2.75, 3.05) is 7.11 Å². The number of hydrogen-bond acceptors (Lipinski definition) is 4. The van der Waals surface area contributed by atoms with E-state index >= 15 is 0 Å². The molecule has 0 radical (unpaired) electrons. The van der Waals surface area contributed by atoms with Crippen LogP contribution in [0.3, 0.4) is 0 Å². The van der Waals surface area contributed by atoms with Gasteiger partial charge in [0, 0.05) is 0 Å². The van der Waals surface area contributed by atoms with Crippen LogP contribution < -0.4 is 5.32 Å². The van der Waals surface area contributed by atoms with E-state index in [-0.39, 0.29) is 0 Å². The number of nitrogens with one attached hydrogen (secondary N) is 1. The number of alkyl carbamates (subject to hydrolysis) is 1. The third-order valence-electron chi connectivity index (χ3n) is 0.908. The van der Waals surface area contributed by atoms with Crippen molar-refractivity contribution in [2.24, 2.45) is 0 Å². The van der Waals surface area contributed by atoms with Gasteiger partial charge in [0.05, 0.1) is 7.11 Å². The summed E-state index contributed by atoms with van der Waals surface area (Å²) >= 11 is 3.62. The van der Waals surface area contributed by atoms with E-state index in [0.717, 1.165) is 6.54 Å². The molecule has 0 aromatic heterocycles. The molecule has 5 nitrogen and oxygen atoms in total. The predicted octanol–water partition coefficient (Wildman–Crippen LogP) is 1.73. The molecule has 0 atom stereocenters. The second kappa shape index (κ2) is 9.21. The topological polar surface area (TPSA) is 64.6 Å². The zero-order valence-electron chi connectivity index (χ0n) is 9.30. The summed E-state index contributed by atoms with van der Waals surface area (Å²) in [6.45, 7) is 6.08. The van der Waals surface area contributed by atoms with Crippen molar-refractivity contribution < 1.29 is 33.9 Å². The Labute approximate surface area is 111 Å². The van der Waals surface area contributed by atoms with Gasteiger partial charge in [0.25, 0.3) is 0 Å². The maximum atomic E-state index is 10.9. The Morgan fingerprint density at radius 3 is 2.13 bits per heavy atom. The number of rotatable bonds is 2. The summed E-state index contributed by atoms with van der Waals surface area (Å²) in [7, 11) is 1.22. The molecule has 0 unspecified atom stereocenters. The van der Waals surface area contributed by atoms with E-state index in [1.807, 2.05) is 0 Å². The number of halogens is 1. The summed E-state index contributed by atoms with van der Waals surface area (Å²) in [4.78, 5) is 21.4. The molecule has 1 amide bonds. The molecule has 0 aliphatic rings. The third kappa shape index (κ3) is 14.0. The summed E-state index contributed by atoms with van der Waals surface area (Å²) in [5.74, 6) is -0.633. The Bertz CT molecular complexity index is 205. The summed E-state index contributed by atoms with van der Waals surface area (Å²) in [6.07, 6.45) is -0.683. The summed E-state index contributed by atoms with van der Waals surface area (Å²) in [6, 6.07) is 0. The van der Waals surface area contributed by atoms with Crippen LogP contribution in [0.4, 0.5) is 4.79 Å². The first-order valence-corrected chi connectivity index (χ1v) is 13.1. The average Bonchev–Trinajstić information content (AvgIpc) is 2.14. The van der Waals surface area contributed by atoms with E-state index in [2.05, 4.69) is 29.8 Å². The molecule has 84 valence electrons. The number of carbonyl (C=O) groups excluding carboxylic acids is 2. The van der Waals surface area contributed by atoms with Crippen molar-refractivity contribution in [3.05, 3.63) is 6.54 Å². The fourth-order valence-corrected chi connectivity index (χ4v) is 0.484. The van der Waals surface area contributed by atoms with Crippen molar-refractivity contribution in [3.8, 4) is 0 Å². The van der Waals surface area contributed by atoms with Crippen LogP contribution >= 0.6 is 19.8 Å². The number of methoxy groups -OCH3 is 1. The van der Waals surface area contributed by atoms with Crippen molar-refractivity contribution in [3.63, 3.8) is 0 Å². The quantitative estimate of drug-likeness (QED) is 0.343. The van der Waals surface area contributed by atoms with Gasteiger partial charge in [-0.05, 0) is 20.8 Å². The van der Waals surface area contributed by atoms with Crippen molar-refractivity contribution >= 4 is 31.8 Å². The van der Waals surface area contributed by atoms with E-state index in [0.29, 0.717) is 0 Å². The molecule has 0 aromatic carbocycles. The second-order valence-corrected chi connectivity index (χ2v) is 3.31. The van der Waals surface area contributed by atoms with Gasteiger partial charge in [-0.3, -0.25) is 4.79 Å². The number of esters is 1. The molecule has 0 fully saturated rings. The molecule has 0 bridgehead atoms. The number of amides is 1. The van der Waals surface area contributed by atoms with Crippen LogP contribution in [0.1, 0.15) is 20.8 Å². The molecule has 0 aliphatic carbocycles. The van der Waals surface area contributed by atoms with Gasteiger partial charge in [-0.15, -0.1) is 0 Å². The van der Waals surface area contributed by atoms with E-state index in [1.54, 1.807) is 20.8 Å². The normalized spacial score (nSPS) is 9.27. The van der Waals surface area contributed by atoms with Crippen molar-refractivity contribution in [1.82, 2.24) is 5.32 Å². The molecular formula is C8H14INO4Zn. The standard InChI is InChI=1S/C8H14NO4.HI.Zn/c1-8(2,3)13-7(11)9-5-6(10)12-4;;/h5H,1-4H3,(H,9,11);1H;/q-1;;+2/p-1. The molecule has 0 rings (SSSR count). The first-order valence-electron chi connectivity index (χ1n) is 4.02. The number of ether oxygens (including phenoxy) is 2. The monoisotopic (exact) mass is 379 g/mol. The Hall–Kier alpha value is -0.0366. The average molecular weight is 380 g/mol. The van der Waals surface area contributed by atoms with E-state index in [4.69, 9.17) is 4.74 Å². The fourth-order valence-electron chi connectivity index (χ4n) is 0.484. The maximum absolute atomic E-state index is 10.9. The summed E-state index contributed by atoms with van der Waals surface area (Å²) in [5, 5.41) is 2.13. The molecule has 0 spiro atoms. The Balaban J connectivity index is 0. The zero-order valence-corrected chi connectivity index (χ0v) is 14.4. The Morgan fingerprint density at radius 1 is 1.33 bits per heavy atom. The Kier molecular flexibility index (Phi) is 10.7. The van der Waals surface area contributed by atoms with Crippen LogP contribution in [0.25, 0.3) is 0 Å². The predicted molar refractivity (Wildman–Crippen MR) is 59.7 cm³/mol. The summed E-state index contributed by atoms with van der Waals surface area (Å²) in [5.41, 5.74) is -0.575. The molecule has 0 aromatic rings. The van der Waals surface area contributed by atoms with Gasteiger partial charge in [0.15, 0.2) is 5.97 Å². The van der Waals surface area contributed by atoms with Crippen LogP contribution in [0.2, 0.25) is 0 Å². The van der Waals surface area contributed by atoms with Crippen LogP contribution in [-0.2, 0) is 29.1 Å². The second-order valence-electron chi connectivity index (χ2n) is 3.31. The van der Waals surface area contributed by atoms with Crippen molar-refractivity contribution in [1.29, 1.82) is 0 Å². The van der Waals surface area contributed by atoms with E-state index in [1.165, 1.54) is 21.9 Å². The molecule has 15 heavy (non-hydrogen) atoms. The first-order chi connectivity index (χ1) is 6.85. The van der Waals surface area contributed by atoms with Gasteiger partial charge in [-0.1, -0.05) is 0 Å². The third-order valence-corrected chi connectivity index (χ3v) is 0.908. The fraction of sp³-hybridized carbons (Fsp3) is 0.625. The zero-order chi connectivity index (χ0) is 12.5. The SMILES string of the molecule is COC(=O)[CH-]NC(=O)OC(C)(C)C.[Zn+][I]. The van der Waals surface area contributed by atoms with Crippen LogP contribution in [0.5, 0.6) is 0 Å². The summed E-state index contributed by atoms with van der Waals surface area (Å²) < 4.78 is 9.11. The molecule has 0 heterocycles. The van der Waals surface area contributed by atoms with Gasteiger partial charge in [-0.25, -0.2) is 4.79 Å². The molecule has 1 N–H and O–H groups in total. The molecule has 7 heteroatoms.